The monoisotopic (exact) mass is 297 g/mol. The van der Waals surface area contributed by atoms with Crippen LogP contribution in [0.3, 0.4) is 0 Å². The molecule has 112 valence electrons. The van der Waals surface area contributed by atoms with E-state index in [1.54, 1.807) is 4.57 Å². The highest BCUT2D eigenvalue weighted by Gasteiger charge is 2.19. The van der Waals surface area contributed by atoms with Gasteiger partial charge in [-0.25, -0.2) is 4.57 Å². The average molecular weight is 297 g/mol. The lowest BCUT2D eigenvalue weighted by molar-refractivity contribution is -0.634. The number of nitrogens with one attached hydrogen (secondary N) is 1. The van der Waals surface area contributed by atoms with Crippen molar-refractivity contribution in [2.24, 2.45) is 7.05 Å². The van der Waals surface area contributed by atoms with Crippen LogP contribution in [-0.4, -0.2) is 21.6 Å². The van der Waals surface area contributed by atoms with Crippen LogP contribution < -0.4 is 20.8 Å². The molecule has 0 aliphatic carbocycles. The van der Waals surface area contributed by atoms with Gasteiger partial charge in [-0.15, -0.1) is 4.98 Å². The second-order valence-corrected chi connectivity index (χ2v) is 5.51. The Kier molecular flexibility index (Phi) is 2.69. The van der Waals surface area contributed by atoms with Crippen molar-refractivity contribution in [2.75, 3.05) is 18.1 Å². The van der Waals surface area contributed by atoms with Crippen molar-refractivity contribution in [3.05, 3.63) is 35.2 Å². The van der Waals surface area contributed by atoms with Crippen LogP contribution in [0.4, 0.5) is 11.8 Å². The van der Waals surface area contributed by atoms with Crippen molar-refractivity contribution < 1.29 is 9.30 Å². The minimum atomic E-state index is 0.342. The number of nitrogens with two attached hydrogens (primary N) is 2. The summed E-state index contributed by atoms with van der Waals surface area (Å²) in [6.07, 6.45) is 1.65. The van der Waals surface area contributed by atoms with Crippen LogP contribution in [0.15, 0.2) is 18.2 Å². The molecule has 22 heavy (non-hydrogen) atoms. The first kappa shape index (κ1) is 12.9. The van der Waals surface area contributed by atoms with Crippen LogP contribution in [0.5, 0.6) is 5.75 Å². The van der Waals surface area contributed by atoms with E-state index in [4.69, 9.17) is 16.2 Å². The lowest BCUT2D eigenvalue weighted by atomic mass is 10.1. The summed E-state index contributed by atoms with van der Waals surface area (Å²) in [6, 6.07) is 6.30. The Morgan fingerprint density at radius 3 is 3.05 bits per heavy atom. The van der Waals surface area contributed by atoms with Crippen molar-refractivity contribution in [1.82, 2.24) is 15.0 Å². The summed E-state index contributed by atoms with van der Waals surface area (Å²) in [6.45, 7) is 0.765. The highest BCUT2D eigenvalue weighted by atomic mass is 16.5. The van der Waals surface area contributed by atoms with Gasteiger partial charge in [0.1, 0.15) is 5.75 Å². The first-order valence-electron chi connectivity index (χ1n) is 7.16. The van der Waals surface area contributed by atoms with E-state index in [1.165, 1.54) is 5.56 Å². The molecule has 7 heteroatoms. The Bertz CT molecular complexity index is 885. The lowest BCUT2D eigenvalue weighted by Gasteiger charge is -2.01. The summed E-state index contributed by atoms with van der Waals surface area (Å²) < 4.78 is 7.33. The molecule has 1 aliphatic rings. The van der Waals surface area contributed by atoms with E-state index in [2.05, 4.69) is 33.2 Å². The Hall–Kier alpha value is -2.83. The van der Waals surface area contributed by atoms with E-state index in [0.29, 0.717) is 29.4 Å². The van der Waals surface area contributed by atoms with Gasteiger partial charge < -0.3 is 21.2 Å². The third-order valence-electron chi connectivity index (χ3n) is 4.02. The Balaban J connectivity index is 1.73. The minimum absolute atomic E-state index is 0.342. The summed E-state index contributed by atoms with van der Waals surface area (Å²) in [7, 11) is 1.82. The number of aromatic amines is 1. The van der Waals surface area contributed by atoms with Crippen LogP contribution in [-0.2, 0) is 19.9 Å². The fourth-order valence-electron chi connectivity index (χ4n) is 2.79. The highest BCUT2D eigenvalue weighted by molar-refractivity contribution is 5.79. The van der Waals surface area contributed by atoms with Crippen molar-refractivity contribution in [2.45, 2.75) is 12.8 Å². The summed E-state index contributed by atoms with van der Waals surface area (Å²) in [5.74, 6) is 2.50. The molecule has 7 nitrogen and oxygen atoms in total. The van der Waals surface area contributed by atoms with Crippen LogP contribution in [0.25, 0.3) is 11.2 Å². The Morgan fingerprint density at radius 1 is 1.32 bits per heavy atom. The number of rotatable bonds is 2. The number of hydrogen-bond donors (Lipinski definition) is 3. The fourth-order valence-corrected chi connectivity index (χ4v) is 2.79. The normalized spacial score (nSPS) is 13.3. The second kappa shape index (κ2) is 4.59. The number of hydrogen-bond acceptors (Lipinski definition) is 5. The van der Waals surface area contributed by atoms with Gasteiger partial charge in [-0.3, -0.25) is 0 Å². The first-order valence-corrected chi connectivity index (χ1v) is 7.16. The van der Waals surface area contributed by atoms with Crippen molar-refractivity contribution in [3.63, 3.8) is 0 Å². The van der Waals surface area contributed by atoms with Gasteiger partial charge in [-0.2, -0.15) is 0 Å². The molecule has 0 amide bonds. The molecule has 0 saturated carbocycles. The SMILES string of the molecule is C[n+]1c(N)nc(N)c2[nH]c(Cc3ccc4c(c3)OCC4)nc21. The lowest BCUT2D eigenvalue weighted by Crippen LogP contribution is -2.35. The van der Waals surface area contributed by atoms with Gasteiger partial charge >= 0.3 is 5.95 Å². The van der Waals surface area contributed by atoms with Gasteiger partial charge in [0.15, 0.2) is 11.3 Å². The Morgan fingerprint density at radius 2 is 2.18 bits per heavy atom. The molecule has 0 radical (unpaired) electrons. The van der Waals surface area contributed by atoms with Crippen molar-refractivity contribution >= 4 is 22.9 Å². The van der Waals surface area contributed by atoms with Crippen LogP contribution in [0.2, 0.25) is 0 Å². The zero-order chi connectivity index (χ0) is 15.3. The molecule has 4 rings (SSSR count). The number of ether oxygens (including phenoxy) is 1. The zero-order valence-corrected chi connectivity index (χ0v) is 12.3. The summed E-state index contributed by atoms with van der Waals surface area (Å²) in [5, 5.41) is 0. The molecule has 2 aromatic heterocycles. The quantitative estimate of drug-likeness (QED) is 0.596. The van der Waals surface area contributed by atoms with Crippen LogP contribution >= 0.6 is 0 Å². The minimum Gasteiger partial charge on any atom is -0.493 e. The predicted octanol–water partition coefficient (Wildman–Crippen LogP) is 0.472. The number of fused-ring (bicyclic) bond motifs is 2. The van der Waals surface area contributed by atoms with E-state index in [9.17, 15) is 0 Å². The van der Waals surface area contributed by atoms with Gasteiger partial charge in [-0.1, -0.05) is 17.1 Å². The molecule has 1 aromatic carbocycles. The highest BCUT2D eigenvalue weighted by Crippen LogP contribution is 2.27. The number of nitrogen functional groups attached to an aromatic ring is 2. The number of nitrogens with zero attached hydrogens (tertiary/aromatic N) is 3. The molecule has 1 aliphatic heterocycles. The van der Waals surface area contributed by atoms with Crippen LogP contribution in [0.1, 0.15) is 17.0 Å². The summed E-state index contributed by atoms with van der Waals surface area (Å²) >= 11 is 0. The Labute approximate surface area is 126 Å². The second-order valence-electron chi connectivity index (χ2n) is 5.51. The summed E-state index contributed by atoms with van der Waals surface area (Å²) in [4.78, 5) is 11.9. The van der Waals surface area contributed by atoms with E-state index < -0.39 is 0 Å². The molecule has 0 spiro atoms. The van der Waals surface area contributed by atoms with Gasteiger partial charge in [0.25, 0.3) is 5.65 Å². The molecular formula is C15H17N6O+. The molecule has 0 unspecified atom stereocenters. The summed E-state index contributed by atoms with van der Waals surface area (Å²) in [5.41, 5.74) is 15.5. The number of H-pyrrole nitrogens is 1. The molecule has 0 atom stereocenters. The number of benzene rings is 1. The van der Waals surface area contributed by atoms with E-state index >= 15 is 0 Å². The van der Waals surface area contributed by atoms with E-state index in [0.717, 1.165) is 30.2 Å². The first-order chi connectivity index (χ1) is 10.6. The number of aromatic nitrogens is 4. The van der Waals surface area contributed by atoms with E-state index in [-0.39, 0.29) is 0 Å². The molecule has 5 N–H and O–H groups in total. The average Bonchev–Trinajstić information content (AvgIpc) is 3.11. The van der Waals surface area contributed by atoms with Gasteiger partial charge in [0, 0.05) is 12.8 Å². The number of imidazole rings is 1. The standard InChI is InChI=1S/C15H16N6O/c1-21-14-12(13(16)20-15(21)17)18-11(19-14)7-8-2-3-9-4-5-22-10(9)6-8/h2-3,6H,4-5,7H2,1H3,(H4,16,17,18,19,20)/p+1. The maximum atomic E-state index is 5.91. The van der Waals surface area contributed by atoms with Crippen molar-refractivity contribution in [3.8, 4) is 5.75 Å². The third-order valence-corrected chi connectivity index (χ3v) is 4.02. The topological polar surface area (TPSA) is 107 Å². The molecule has 0 saturated heterocycles. The largest absolute Gasteiger partial charge is 0.493 e. The molecule has 3 heterocycles. The molecular weight excluding hydrogens is 280 g/mol. The van der Waals surface area contributed by atoms with Gasteiger partial charge in [0.05, 0.1) is 13.7 Å². The van der Waals surface area contributed by atoms with Gasteiger partial charge in [-0.05, 0) is 17.2 Å². The van der Waals surface area contributed by atoms with Gasteiger partial charge in [0.2, 0.25) is 5.82 Å². The fraction of sp³-hybridized carbons (Fsp3) is 0.267. The molecule has 3 aromatic rings. The molecule has 0 fully saturated rings. The maximum Gasteiger partial charge on any atom is 0.346 e. The predicted molar refractivity (Wildman–Crippen MR) is 82.3 cm³/mol. The smallest absolute Gasteiger partial charge is 0.346 e. The number of anilines is 2. The number of aryl methyl sites for hydroxylation is 1. The molecule has 0 bridgehead atoms. The zero-order valence-electron chi connectivity index (χ0n) is 12.3. The van der Waals surface area contributed by atoms with Crippen molar-refractivity contribution in [1.29, 1.82) is 0 Å². The van der Waals surface area contributed by atoms with E-state index in [1.807, 2.05) is 7.05 Å². The van der Waals surface area contributed by atoms with Crippen LogP contribution in [0, 0.1) is 0 Å². The third kappa shape index (κ3) is 1.93. The maximum absolute atomic E-state index is 5.91.